The molecule has 0 bridgehead atoms. The van der Waals surface area contributed by atoms with Gasteiger partial charge in [0.2, 0.25) is 0 Å². The van der Waals surface area contributed by atoms with Gasteiger partial charge in [0.25, 0.3) is 0 Å². The van der Waals surface area contributed by atoms with Gasteiger partial charge in [-0.3, -0.25) is 4.68 Å². The SMILES string of the molecule is ClCC1(NCc2ccn(C3CCCCC3)n2)CCC1. The number of alkyl halides is 1. The Morgan fingerprint density at radius 3 is 2.68 bits per heavy atom. The van der Waals surface area contributed by atoms with Crippen LogP contribution in [0.1, 0.15) is 63.1 Å². The Labute approximate surface area is 120 Å². The molecule has 0 atom stereocenters. The number of halogens is 1. The van der Waals surface area contributed by atoms with Crippen molar-refractivity contribution in [3.63, 3.8) is 0 Å². The van der Waals surface area contributed by atoms with Gasteiger partial charge >= 0.3 is 0 Å². The summed E-state index contributed by atoms with van der Waals surface area (Å²) < 4.78 is 2.18. The first-order valence-electron chi connectivity index (χ1n) is 7.66. The summed E-state index contributed by atoms with van der Waals surface area (Å²) in [6.07, 6.45) is 12.6. The highest BCUT2D eigenvalue weighted by atomic mass is 35.5. The van der Waals surface area contributed by atoms with Crippen molar-refractivity contribution >= 4 is 11.6 Å². The van der Waals surface area contributed by atoms with Gasteiger partial charge in [-0.15, -0.1) is 11.6 Å². The second kappa shape index (κ2) is 5.84. The van der Waals surface area contributed by atoms with Gasteiger partial charge in [-0.05, 0) is 38.2 Å². The number of rotatable bonds is 5. The minimum absolute atomic E-state index is 0.191. The Morgan fingerprint density at radius 1 is 1.26 bits per heavy atom. The highest BCUT2D eigenvalue weighted by molar-refractivity contribution is 6.18. The number of nitrogens with zero attached hydrogens (tertiary/aromatic N) is 2. The molecule has 0 unspecified atom stereocenters. The van der Waals surface area contributed by atoms with Gasteiger partial charge < -0.3 is 5.32 Å². The molecule has 0 amide bonds. The molecule has 2 aliphatic carbocycles. The van der Waals surface area contributed by atoms with Crippen molar-refractivity contribution in [1.82, 2.24) is 15.1 Å². The molecule has 1 aromatic heterocycles. The van der Waals surface area contributed by atoms with Gasteiger partial charge in [-0.1, -0.05) is 19.3 Å². The molecular weight excluding hydrogens is 258 g/mol. The quantitative estimate of drug-likeness (QED) is 0.835. The van der Waals surface area contributed by atoms with Gasteiger partial charge in [-0.2, -0.15) is 5.10 Å². The number of hydrogen-bond donors (Lipinski definition) is 1. The Hall–Kier alpha value is -0.540. The van der Waals surface area contributed by atoms with Crippen LogP contribution in [0.4, 0.5) is 0 Å². The molecule has 19 heavy (non-hydrogen) atoms. The Morgan fingerprint density at radius 2 is 2.05 bits per heavy atom. The minimum atomic E-state index is 0.191. The second-order valence-corrected chi connectivity index (χ2v) is 6.47. The van der Waals surface area contributed by atoms with E-state index in [0.717, 1.165) is 18.1 Å². The van der Waals surface area contributed by atoms with Gasteiger partial charge in [0.15, 0.2) is 0 Å². The topological polar surface area (TPSA) is 29.9 Å². The van der Waals surface area contributed by atoms with E-state index < -0.39 is 0 Å². The lowest BCUT2D eigenvalue weighted by molar-refractivity contribution is 0.209. The lowest BCUT2D eigenvalue weighted by Gasteiger charge is -2.41. The molecule has 106 valence electrons. The molecule has 0 aromatic carbocycles. The van der Waals surface area contributed by atoms with E-state index in [1.165, 1.54) is 51.4 Å². The molecule has 0 saturated heterocycles. The molecule has 1 N–H and O–H groups in total. The molecule has 3 rings (SSSR count). The van der Waals surface area contributed by atoms with Crippen LogP contribution in [0.2, 0.25) is 0 Å². The summed E-state index contributed by atoms with van der Waals surface area (Å²) in [6, 6.07) is 2.79. The molecule has 0 aliphatic heterocycles. The standard InChI is InChI=1S/C15H24ClN3/c16-12-15(8-4-9-15)17-11-13-7-10-19(18-13)14-5-2-1-3-6-14/h7,10,14,17H,1-6,8-9,11-12H2. The van der Waals surface area contributed by atoms with E-state index in [2.05, 4.69) is 22.3 Å². The summed E-state index contributed by atoms with van der Waals surface area (Å²) in [7, 11) is 0. The van der Waals surface area contributed by atoms with E-state index in [1.54, 1.807) is 0 Å². The number of aromatic nitrogens is 2. The van der Waals surface area contributed by atoms with E-state index in [4.69, 9.17) is 16.7 Å². The van der Waals surface area contributed by atoms with Crippen LogP contribution < -0.4 is 5.32 Å². The van der Waals surface area contributed by atoms with E-state index in [-0.39, 0.29) is 5.54 Å². The lowest BCUT2D eigenvalue weighted by Crippen LogP contribution is -2.52. The first kappa shape index (κ1) is 13.4. The fraction of sp³-hybridized carbons (Fsp3) is 0.800. The molecule has 3 nitrogen and oxygen atoms in total. The maximum Gasteiger partial charge on any atom is 0.0762 e. The van der Waals surface area contributed by atoms with Gasteiger partial charge in [0.1, 0.15) is 0 Å². The first-order chi connectivity index (χ1) is 9.31. The minimum Gasteiger partial charge on any atom is -0.304 e. The third-order valence-corrected chi connectivity index (χ3v) is 5.33. The van der Waals surface area contributed by atoms with E-state index in [9.17, 15) is 0 Å². The average Bonchev–Trinajstić information content (AvgIpc) is 2.88. The predicted octanol–water partition coefficient (Wildman–Crippen LogP) is 3.64. The molecule has 0 radical (unpaired) electrons. The number of hydrogen-bond acceptors (Lipinski definition) is 2. The van der Waals surface area contributed by atoms with Crippen LogP contribution in [0.25, 0.3) is 0 Å². The van der Waals surface area contributed by atoms with Gasteiger partial charge in [0, 0.05) is 24.2 Å². The van der Waals surface area contributed by atoms with Crippen molar-refractivity contribution in [1.29, 1.82) is 0 Å². The van der Waals surface area contributed by atoms with Crippen LogP contribution in [0.15, 0.2) is 12.3 Å². The van der Waals surface area contributed by atoms with Gasteiger partial charge in [0.05, 0.1) is 11.7 Å². The smallest absolute Gasteiger partial charge is 0.0762 e. The van der Waals surface area contributed by atoms with E-state index in [0.29, 0.717) is 6.04 Å². The van der Waals surface area contributed by atoms with Crippen molar-refractivity contribution in [3.05, 3.63) is 18.0 Å². The predicted molar refractivity (Wildman–Crippen MR) is 78.5 cm³/mol. The van der Waals surface area contributed by atoms with Crippen LogP contribution in [0.5, 0.6) is 0 Å². The highest BCUT2D eigenvalue weighted by Crippen LogP contribution is 2.33. The van der Waals surface area contributed by atoms with Crippen molar-refractivity contribution in [2.24, 2.45) is 0 Å². The van der Waals surface area contributed by atoms with E-state index >= 15 is 0 Å². The molecule has 0 spiro atoms. The molecule has 1 aromatic rings. The number of nitrogens with one attached hydrogen (secondary N) is 1. The van der Waals surface area contributed by atoms with Crippen LogP contribution in [-0.2, 0) is 6.54 Å². The summed E-state index contributed by atoms with van der Waals surface area (Å²) >= 11 is 6.07. The van der Waals surface area contributed by atoms with Crippen LogP contribution >= 0.6 is 11.6 Å². The summed E-state index contributed by atoms with van der Waals surface area (Å²) in [6.45, 7) is 0.854. The second-order valence-electron chi connectivity index (χ2n) is 6.20. The molecule has 1 heterocycles. The fourth-order valence-electron chi connectivity index (χ4n) is 3.26. The zero-order chi connectivity index (χ0) is 13.1. The first-order valence-corrected chi connectivity index (χ1v) is 8.20. The van der Waals surface area contributed by atoms with Crippen molar-refractivity contribution < 1.29 is 0 Å². The highest BCUT2D eigenvalue weighted by Gasteiger charge is 2.35. The lowest BCUT2D eigenvalue weighted by atomic mass is 9.78. The molecule has 4 heteroatoms. The summed E-state index contributed by atoms with van der Waals surface area (Å²) in [5.41, 5.74) is 1.35. The summed E-state index contributed by atoms with van der Waals surface area (Å²) in [5.74, 6) is 0.719. The Balaban J connectivity index is 1.55. The monoisotopic (exact) mass is 281 g/mol. The zero-order valence-corrected chi connectivity index (χ0v) is 12.3. The zero-order valence-electron chi connectivity index (χ0n) is 11.6. The van der Waals surface area contributed by atoms with Gasteiger partial charge in [-0.25, -0.2) is 0 Å². The fourth-order valence-corrected chi connectivity index (χ4v) is 3.62. The third-order valence-electron chi connectivity index (χ3n) is 4.82. The summed E-state index contributed by atoms with van der Waals surface area (Å²) in [4.78, 5) is 0. The van der Waals surface area contributed by atoms with Crippen LogP contribution in [-0.4, -0.2) is 21.2 Å². The maximum atomic E-state index is 6.07. The van der Waals surface area contributed by atoms with Crippen LogP contribution in [0, 0.1) is 0 Å². The average molecular weight is 282 g/mol. The Bertz CT molecular complexity index is 400. The summed E-state index contributed by atoms with van der Waals surface area (Å²) in [5, 5.41) is 8.35. The van der Waals surface area contributed by atoms with Crippen molar-refractivity contribution in [3.8, 4) is 0 Å². The molecular formula is C15H24ClN3. The van der Waals surface area contributed by atoms with Crippen molar-refractivity contribution in [2.75, 3.05) is 5.88 Å². The largest absolute Gasteiger partial charge is 0.304 e. The van der Waals surface area contributed by atoms with Crippen LogP contribution in [0.3, 0.4) is 0 Å². The molecule has 2 saturated carbocycles. The molecule has 2 fully saturated rings. The van der Waals surface area contributed by atoms with Crippen molar-refractivity contribution in [2.45, 2.75) is 69.5 Å². The Kier molecular flexibility index (Phi) is 4.13. The normalized spacial score (nSPS) is 23.2. The molecule has 2 aliphatic rings. The third kappa shape index (κ3) is 2.97. The van der Waals surface area contributed by atoms with E-state index in [1.807, 2.05) is 0 Å². The maximum absolute atomic E-state index is 6.07.